The molecule has 3 nitrogen and oxygen atoms in total. The summed E-state index contributed by atoms with van der Waals surface area (Å²) < 4.78 is 19.2. The lowest BCUT2D eigenvalue weighted by atomic mass is 9.95. The van der Waals surface area contributed by atoms with E-state index in [1.54, 1.807) is 19.2 Å². The van der Waals surface area contributed by atoms with Crippen LogP contribution in [0.5, 0.6) is 0 Å². The molecule has 0 saturated carbocycles. The molecule has 1 rings (SSSR count). The van der Waals surface area contributed by atoms with Crippen LogP contribution in [0.15, 0.2) is 18.2 Å². The number of ether oxygens (including phenoxy) is 1. The van der Waals surface area contributed by atoms with Crippen LogP contribution < -0.4 is 11.3 Å². The van der Waals surface area contributed by atoms with Gasteiger partial charge in [0, 0.05) is 18.7 Å². The lowest BCUT2D eigenvalue weighted by molar-refractivity contribution is 0.0116. The third kappa shape index (κ3) is 3.92. The predicted octanol–water partition coefficient (Wildman–Crippen LogP) is 3.19. The molecule has 0 amide bonds. The first kappa shape index (κ1) is 15.4. The molecule has 0 spiro atoms. The Morgan fingerprint density at radius 2 is 2.17 bits per heavy atom. The smallest absolute Gasteiger partial charge is 0.146 e. The largest absolute Gasteiger partial charge is 0.379 e. The quantitative estimate of drug-likeness (QED) is 0.619. The zero-order chi connectivity index (χ0) is 13.8. The molecular weight excluding hydrogens is 255 g/mol. The highest BCUT2D eigenvalue weighted by Crippen LogP contribution is 2.28. The van der Waals surface area contributed by atoms with E-state index in [0.717, 1.165) is 6.42 Å². The van der Waals surface area contributed by atoms with E-state index < -0.39 is 5.82 Å². The van der Waals surface area contributed by atoms with E-state index in [-0.39, 0.29) is 16.7 Å². The topological polar surface area (TPSA) is 47.3 Å². The molecule has 3 N–H and O–H groups in total. The van der Waals surface area contributed by atoms with E-state index in [4.69, 9.17) is 22.2 Å². The van der Waals surface area contributed by atoms with Crippen LogP contribution in [0, 0.1) is 5.82 Å². The number of nitrogens with two attached hydrogens (primary N) is 1. The summed E-state index contributed by atoms with van der Waals surface area (Å²) in [7, 11) is 1.66. The van der Waals surface area contributed by atoms with Gasteiger partial charge in [-0.3, -0.25) is 11.3 Å². The zero-order valence-corrected chi connectivity index (χ0v) is 11.7. The van der Waals surface area contributed by atoms with Crippen LogP contribution in [0.1, 0.15) is 38.3 Å². The minimum absolute atomic E-state index is 0.110. The van der Waals surface area contributed by atoms with Crippen molar-refractivity contribution in [2.75, 3.05) is 7.11 Å². The summed E-state index contributed by atoms with van der Waals surface area (Å²) >= 11 is 5.76. The maximum Gasteiger partial charge on any atom is 0.146 e. The van der Waals surface area contributed by atoms with E-state index >= 15 is 0 Å². The van der Waals surface area contributed by atoms with Crippen molar-refractivity contribution < 1.29 is 9.13 Å². The molecule has 1 atom stereocenters. The molecule has 1 aromatic rings. The first-order chi connectivity index (χ1) is 8.41. The van der Waals surface area contributed by atoms with Gasteiger partial charge in [-0.25, -0.2) is 4.39 Å². The summed E-state index contributed by atoms with van der Waals surface area (Å²) in [5.41, 5.74) is 2.85. The standard InChI is InChI=1S/C13H20ClFN2O/c1-13(2,18-3)8-7-11(17-16)9-5-4-6-10(14)12(9)15/h4-6,11,17H,7-8,16H2,1-3H3. The molecule has 0 saturated heterocycles. The molecule has 0 bridgehead atoms. The lowest BCUT2D eigenvalue weighted by Crippen LogP contribution is -2.31. The van der Waals surface area contributed by atoms with Crippen molar-refractivity contribution >= 4 is 11.6 Å². The van der Waals surface area contributed by atoms with E-state index in [1.165, 1.54) is 6.07 Å². The zero-order valence-electron chi connectivity index (χ0n) is 11.0. The minimum Gasteiger partial charge on any atom is -0.379 e. The second kappa shape index (κ2) is 6.48. The maximum absolute atomic E-state index is 13.9. The summed E-state index contributed by atoms with van der Waals surface area (Å²) in [6.07, 6.45) is 1.42. The Bertz CT molecular complexity index is 399. The summed E-state index contributed by atoms with van der Waals surface area (Å²) in [4.78, 5) is 0. The molecule has 102 valence electrons. The van der Waals surface area contributed by atoms with E-state index in [0.29, 0.717) is 12.0 Å². The van der Waals surface area contributed by atoms with Gasteiger partial charge in [0.2, 0.25) is 0 Å². The average Bonchev–Trinajstić information content (AvgIpc) is 2.35. The lowest BCUT2D eigenvalue weighted by Gasteiger charge is -2.26. The Kier molecular flexibility index (Phi) is 5.53. The van der Waals surface area contributed by atoms with Gasteiger partial charge in [0.25, 0.3) is 0 Å². The highest BCUT2D eigenvalue weighted by molar-refractivity contribution is 6.30. The fourth-order valence-corrected chi connectivity index (χ4v) is 1.89. The number of nitrogens with one attached hydrogen (secondary N) is 1. The van der Waals surface area contributed by atoms with Crippen LogP contribution >= 0.6 is 11.6 Å². The normalized spacial score (nSPS) is 13.7. The van der Waals surface area contributed by atoms with Gasteiger partial charge in [-0.1, -0.05) is 23.7 Å². The number of hydrazine groups is 1. The van der Waals surface area contributed by atoms with Crippen molar-refractivity contribution in [3.8, 4) is 0 Å². The van der Waals surface area contributed by atoms with Crippen LogP contribution in [0.4, 0.5) is 4.39 Å². The number of hydrogen-bond acceptors (Lipinski definition) is 3. The monoisotopic (exact) mass is 274 g/mol. The summed E-state index contributed by atoms with van der Waals surface area (Å²) in [6, 6.07) is 4.64. The Morgan fingerprint density at radius 1 is 1.50 bits per heavy atom. The van der Waals surface area contributed by atoms with Crippen LogP contribution in [0.3, 0.4) is 0 Å². The Hall–Kier alpha value is -0.680. The number of methoxy groups -OCH3 is 1. The van der Waals surface area contributed by atoms with Crippen LogP contribution in [0.25, 0.3) is 0 Å². The van der Waals surface area contributed by atoms with E-state index in [9.17, 15) is 4.39 Å². The second-order valence-electron chi connectivity index (χ2n) is 4.86. The Morgan fingerprint density at radius 3 is 2.72 bits per heavy atom. The van der Waals surface area contributed by atoms with Crippen molar-refractivity contribution in [2.24, 2.45) is 5.84 Å². The highest BCUT2D eigenvalue weighted by Gasteiger charge is 2.22. The van der Waals surface area contributed by atoms with Crippen molar-refractivity contribution in [3.63, 3.8) is 0 Å². The van der Waals surface area contributed by atoms with Crippen LogP contribution in [-0.4, -0.2) is 12.7 Å². The van der Waals surface area contributed by atoms with Gasteiger partial charge in [-0.05, 0) is 32.8 Å². The average molecular weight is 275 g/mol. The maximum atomic E-state index is 13.9. The van der Waals surface area contributed by atoms with Crippen LogP contribution in [-0.2, 0) is 4.74 Å². The number of halogens is 2. The molecule has 0 aliphatic heterocycles. The molecule has 0 heterocycles. The first-order valence-corrected chi connectivity index (χ1v) is 6.24. The fraction of sp³-hybridized carbons (Fsp3) is 0.538. The molecule has 5 heteroatoms. The molecule has 0 fully saturated rings. The van der Waals surface area contributed by atoms with Gasteiger partial charge in [0.15, 0.2) is 0 Å². The van der Waals surface area contributed by atoms with Gasteiger partial charge in [0.1, 0.15) is 5.82 Å². The number of rotatable bonds is 6. The molecule has 0 aliphatic rings. The van der Waals surface area contributed by atoms with Crippen molar-refractivity contribution in [2.45, 2.75) is 38.3 Å². The van der Waals surface area contributed by atoms with Crippen LogP contribution in [0.2, 0.25) is 5.02 Å². The third-order valence-corrected chi connectivity index (χ3v) is 3.44. The SMILES string of the molecule is COC(C)(C)CCC(NN)c1cccc(Cl)c1F. The minimum atomic E-state index is -0.419. The van der Waals surface area contributed by atoms with Gasteiger partial charge in [-0.2, -0.15) is 0 Å². The summed E-state index contributed by atoms with van der Waals surface area (Å²) in [5.74, 6) is 5.07. The fourth-order valence-electron chi connectivity index (χ4n) is 1.71. The van der Waals surface area contributed by atoms with Crippen molar-refractivity contribution in [1.82, 2.24) is 5.43 Å². The second-order valence-corrected chi connectivity index (χ2v) is 5.27. The van der Waals surface area contributed by atoms with Gasteiger partial charge >= 0.3 is 0 Å². The third-order valence-electron chi connectivity index (χ3n) is 3.15. The number of hydrogen-bond donors (Lipinski definition) is 2. The first-order valence-electron chi connectivity index (χ1n) is 5.86. The summed E-state index contributed by atoms with van der Waals surface area (Å²) in [5, 5.41) is 0.110. The molecular formula is C13H20ClFN2O. The van der Waals surface area contributed by atoms with Crippen molar-refractivity contribution in [3.05, 3.63) is 34.6 Å². The Balaban J connectivity index is 2.81. The van der Waals surface area contributed by atoms with Gasteiger partial charge in [0.05, 0.1) is 10.6 Å². The van der Waals surface area contributed by atoms with E-state index in [1.807, 2.05) is 13.8 Å². The van der Waals surface area contributed by atoms with Gasteiger partial charge in [-0.15, -0.1) is 0 Å². The van der Waals surface area contributed by atoms with Crippen molar-refractivity contribution in [1.29, 1.82) is 0 Å². The molecule has 0 aromatic heterocycles. The summed E-state index contributed by atoms with van der Waals surface area (Å²) in [6.45, 7) is 3.96. The number of benzene rings is 1. The molecule has 0 radical (unpaired) electrons. The van der Waals surface area contributed by atoms with E-state index in [2.05, 4.69) is 5.43 Å². The molecule has 1 unspecified atom stereocenters. The molecule has 1 aromatic carbocycles. The molecule has 0 aliphatic carbocycles. The molecule has 18 heavy (non-hydrogen) atoms. The Labute approximate surface area is 112 Å². The van der Waals surface area contributed by atoms with Gasteiger partial charge < -0.3 is 4.74 Å². The predicted molar refractivity (Wildman–Crippen MR) is 71.8 cm³/mol. The highest BCUT2D eigenvalue weighted by atomic mass is 35.5.